The molecule has 1 nitrogen and oxygen atoms in total. The van der Waals surface area contributed by atoms with E-state index in [-0.39, 0.29) is 5.75 Å². The molecule has 0 saturated heterocycles. The first-order valence-electron chi connectivity index (χ1n) is 3.52. The molecule has 0 saturated carbocycles. The second-order valence-corrected chi connectivity index (χ2v) is 4.33. The Labute approximate surface area is 97.2 Å². The summed E-state index contributed by atoms with van der Waals surface area (Å²) >= 11 is 3.03. The van der Waals surface area contributed by atoms with Crippen molar-refractivity contribution in [3.63, 3.8) is 0 Å². The molecule has 0 amide bonds. The SMILES string of the molecule is CSc1cccc(I)c1OC(F)(F)F. The third-order valence-corrected chi connectivity index (χ3v) is 2.98. The Hall–Kier alpha value is -0.110. The van der Waals surface area contributed by atoms with Crippen molar-refractivity contribution in [3.05, 3.63) is 21.8 Å². The molecule has 14 heavy (non-hydrogen) atoms. The summed E-state index contributed by atoms with van der Waals surface area (Å²) in [4.78, 5) is 0.481. The lowest BCUT2D eigenvalue weighted by atomic mass is 10.3. The molecular formula is C8H6F3IOS. The van der Waals surface area contributed by atoms with Gasteiger partial charge in [-0.3, -0.25) is 0 Å². The third-order valence-electron chi connectivity index (χ3n) is 1.37. The lowest BCUT2D eigenvalue weighted by Gasteiger charge is -2.13. The van der Waals surface area contributed by atoms with Crippen LogP contribution in [0.25, 0.3) is 0 Å². The number of rotatable bonds is 2. The van der Waals surface area contributed by atoms with E-state index in [9.17, 15) is 13.2 Å². The summed E-state index contributed by atoms with van der Waals surface area (Å²) < 4.78 is 40.4. The Bertz CT molecular complexity index is 327. The molecule has 1 aromatic rings. The number of hydrogen-bond acceptors (Lipinski definition) is 2. The summed E-state index contributed by atoms with van der Waals surface area (Å²) in [6.07, 6.45) is -2.93. The van der Waals surface area contributed by atoms with Gasteiger partial charge in [0.05, 0.1) is 8.47 Å². The Morgan fingerprint density at radius 2 is 2.00 bits per heavy atom. The smallest absolute Gasteiger partial charge is 0.403 e. The summed E-state index contributed by atoms with van der Waals surface area (Å²) in [6.45, 7) is 0. The highest BCUT2D eigenvalue weighted by Gasteiger charge is 2.32. The van der Waals surface area contributed by atoms with Crippen molar-refractivity contribution in [2.75, 3.05) is 6.26 Å². The number of thioether (sulfide) groups is 1. The van der Waals surface area contributed by atoms with Crippen molar-refractivity contribution < 1.29 is 17.9 Å². The molecule has 0 aliphatic heterocycles. The van der Waals surface area contributed by atoms with Crippen molar-refractivity contribution in [3.8, 4) is 5.75 Å². The molecule has 0 spiro atoms. The van der Waals surface area contributed by atoms with Crippen LogP contribution in [0.5, 0.6) is 5.75 Å². The largest absolute Gasteiger partial charge is 0.573 e. The molecule has 0 radical (unpaired) electrons. The fourth-order valence-electron chi connectivity index (χ4n) is 0.865. The summed E-state index contributed by atoms with van der Waals surface area (Å²) in [5.74, 6) is -0.117. The molecule has 0 aliphatic rings. The van der Waals surface area contributed by atoms with E-state index in [1.54, 1.807) is 24.5 Å². The van der Waals surface area contributed by atoms with Crippen LogP contribution < -0.4 is 4.74 Å². The number of hydrogen-bond donors (Lipinski definition) is 0. The number of para-hydroxylation sites is 1. The lowest BCUT2D eigenvalue weighted by Crippen LogP contribution is -2.18. The van der Waals surface area contributed by atoms with E-state index in [1.165, 1.54) is 11.8 Å². The average molecular weight is 334 g/mol. The van der Waals surface area contributed by atoms with Crippen LogP contribution in [0.2, 0.25) is 0 Å². The molecular weight excluding hydrogens is 328 g/mol. The maximum absolute atomic E-state index is 12.0. The van der Waals surface area contributed by atoms with Gasteiger partial charge in [0.1, 0.15) is 0 Å². The van der Waals surface area contributed by atoms with Crippen molar-refractivity contribution in [2.24, 2.45) is 0 Å². The van der Waals surface area contributed by atoms with Gasteiger partial charge in [0, 0.05) is 0 Å². The first kappa shape index (κ1) is 12.0. The fourth-order valence-corrected chi connectivity index (χ4v) is 2.21. The normalized spacial score (nSPS) is 11.5. The van der Waals surface area contributed by atoms with Gasteiger partial charge in [-0.2, -0.15) is 0 Å². The van der Waals surface area contributed by atoms with Gasteiger partial charge in [-0.05, 0) is 41.0 Å². The second kappa shape index (κ2) is 4.61. The van der Waals surface area contributed by atoms with E-state index in [2.05, 4.69) is 4.74 Å². The Balaban J connectivity index is 3.05. The van der Waals surface area contributed by atoms with Crippen LogP contribution in [-0.4, -0.2) is 12.6 Å². The van der Waals surface area contributed by atoms with Gasteiger partial charge < -0.3 is 4.74 Å². The minimum absolute atomic E-state index is 0.117. The summed E-state index contributed by atoms with van der Waals surface area (Å²) in [7, 11) is 0. The van der Waals surface area contributed by atoms with Crippen LogP contribution in [0.3, 0.4) is 0 Å². The molecule has 0 N–H and O–H groups in total. The lowest BCUT2D eigenvalue weighted by molar-refractivity contribution is -0.275. The molecule has 0 fully saturated rings. The second-order valence-electron chi connectivity index (χ2n) is 2.32. The van der Waals surface area contributed by atoms with Gasteiger partial charge in [-0.1, -0.05) is 6.07 Å². The standard InChI is InChI=1S/C8H6F3IOS/c1-14-6-4-2-3-5(12)7(6)13-8(9,10)11/h2-4H,1H3. The van der Waals surface area contributed by atoms with Crippen LogP contribution in [0.15, 0.2) is 23.1 Å². The monoisotopic (exact) mass is 334 g/mol. The summed E-state index contributed by atoms with van der Waals surface area (Å²) in [6, 6.07) is 4.85. The minimum atomic E-state index is -4.63. The molecule has 0 aliphatic carbocycles. The molecule has 0 aromatic heterocycles. The molecule has 6 heteroatoms. The van der Waals surface area contributed by atoms with E-state index in [0.29, 0.717) is 8.47 Å². The van der Waals surface area contributed by atoms with Crippen LogP contribution >= 0.6 is 34.4 Å². The van der Waals surface area contributed by atoms with Gasteiger partial charge in [0.15, 0.2) is 5.75 Å². The van der Waals surface area contributed by atoms with Gasteiger partial charge in [0.2, 0.25) is 0 Å². The van der Waals surface area contributed by atoms with Crippen molar-refractivity contribution in [1.29, 1.82) is 0 Å². The van der Waals surface area contributed by atoms with Crippen molar-refractivity contribution in [1.82, 2.24) is 0 Å². The average Bonchev–Trinajstić information content (AvgIpc) is 2.06. The van der Waals surface area contributed by atoms with Crippen molar-refractivity contribution in [2.45, 2.75) is 11.3 Å². The van der Waals surface area contributed by atoms with Crippen LogP contribution in [0, 0.1) is 3.57 Å². The maximum atomic E-state index is 12.0. The topological polar surface area (TPSA) is 9.23 Å². The van der Waals surface area contributed by atoms with E-state index >= 15 is 0 Å². The number of benzene rings is 1. The molecule has 78 valence electrons. The third kappa shape index (κ3) is 3.23. The predicted octanol–water partition coefficient (Wildman–Crippen LogP) is 3.91. The highest BCUT2D eigenvalue weighted by molar-refractivity contribution is 14.1. The number of halogens is 4. The molecule has 0 heterocycles. The zero-order chi connectivity index (χ0) is 10.8. The minimum Gasteiger partial charge on any atom is -0.403 e. The molecule has 0 bridgehead atoms. The van der Waals surface area contributed by atoms with Gasteiger partial charge in [-0.15, -0.1) is 24.9 Å². The highest BCUT2D eigenvalue weighted by atomic mass is 127. The highest BCUT2D eigenvalue weighted by Crippen LogP contribution is 2.35. The summed E-state index contributed by atoms with van der Waals surface area (Å²) in [5, 5.41) is 0. The first-order chi connectivity index (χ1) is 6.44. The summed E-state index contributed by atoms with van der Waals surface area (Å²) in [5.41, 5.74) is 0. The zero-order valence-electron chi connectivity index (χ0n) is 7.06. The molecule has 0 atom stereocenters. The van der Waals surface area contributed by atoms with Crippen LogP contribution in [-0.2, 0) is 0 Å². The Morgan fingerprint density at radius 1 is 1.36 bits per heavy atom. The van der Waals surface area contributed by atoms with Gasteiger partial charge in [-0.25, -0.2) is 0 Å². The van der Waals surface area contributed by atoms with E-state index in [4.69, 9.17) is 0 Å². The van der Waals surface area contributed by atoms with Crippen molar-refractivity contribution >= 4 is 34.4 Å². The van der Waals surface area contributed by atoms with Crippen LogP contribution in [0.4, 0.5) is 13.2 Å². The maximum Gasteiger partial charge on any atom is 0.573 e. The fraction of sp³-hybridized carbons (Fsp3) is 0.250. The molecule has 1 rings (SSSR count). The van der Waals surface area contributed by atoms with Gasteiger partial charge >= 0.3 is 6.36 Å². The molecule has 0 unspecified atom stereocenters. The quantitative estimate of drug-likeness (QED) is 0.599. The Morgan fingerprint density at radius 3 is 2.50 bits per heavy atom. The van der Waals surface area contributed by atoms with Crippen LogP contribution in [0.1, 0.15) is 0 Å². The number of ether oxygens (including phenoxy) is 1. The predicted molar refractivity (Wildman–Crippen MR) is 57.6 cm³/mol. The van der Waals surface area contributed by atoms with Gasteiger partial charge in [0.25, 0.3) is 0 Å². The van der Waals surface area contributed by atoms with E-state index in [1.807, 2.05) is 22.6 Å². The Kier molecular flexibility index (Phi) is 3.94. The number of alkyl halides is 3. The van der Waals surface area contributed by atoms with E-state index in [0.717, 1.165) is 0 Å². The zero-order valence-corrected chi connectivity index (χ0v) is 10.0. The van der Waals surface area contributed by atoms with E-state index < -0.39 is 6.36 Å². The molecule has 1 aromatic carbocycles. The first-order valence-corrected chi connectivity index (χ1v) is 5.82.